The molecule has 3 unspecified atom stereocenters. The molecule has 2 aliphatic heterocycles. The fourth-order valence-corrected chi connectivity index (χ4v) is 3.21. The van der Waals surface area contributed by atoms with Gasteiger partial charge in [-0.25, -0.2) is 0 Å². The summed E-state index contributed by atoms with van der Waals surface area (Å²) in [7, 11) is 0. The Labute approximate surface area is 83.9 Å². The second-order valence-corrected chi connectivity index (χ2v) is 5.52. The molecule has 0 bridgehead atoms. The number of hydrogen-bond donors (Lipinski definition) is 2. The van der Waals surface area contributed by atoms with Crippen molar-refractivity contribution in [1.29, 1.82) is 0 Å². The number of nitrogens with zero attached hydrogens (tertiary/aromatic N) is 1. The first-order chi connectivity index (χ1) is 6.27. The van der Waals surface area contributed by atoms with Crippen LogP contribution in [0.25, 0.3) is 0 Å². The van der Waals surface area contributed by atoms with Crippen molar-refractivity contribution in [3.05, 3.63) is 0 Å². The summed E-state index contributed by atoms with van der Waals surface area (Å²) in [5.74, 6) is 1.21. The van der Waals surface area contributed by atoms with E-state index in [-0.39, 0.29) is 6.10 Å². The second-order valence-electron chi connectivity index (χ2n) is 3.97. The Bertz CT molecular complexity index is 179. The van der Waals surface area contributed by atoms with E-state index in [9.17, 15) is 5.11 Å². The Hall–Kier alpha value is 0.230. The van der Waals surface area contributed by atoms with Crippen molar-refractivity contribution < 1.29 is 5.11 Å². The van der Waals surface area contributed by atoms with Gasteiger partial charge in [-0.15, -0.1) is 0 Å². The minimum absolute atomic E-state index is 0.157. The lowest BCUT2D eigenvalue weighted by atomic mass is 10.1. The van der Waals surface area contributed by atoms with Crippen LogP contribution in [-0.4, -0.2) is 59.3 Å². The van der Waals surface area contributed by atoms with Crippen LogP contribution in [0.1, 0.15) is 6.92 Å². The van der Waals surface area contributed by atoms with Crippen LogP contribution in [0.15, 0.2) is 0 Å². The number of hydrogen-bond acceptors (Lipinski definition) is 4. The van der Waals surface area contributed by atoms with Crippen LogP contribution in [0.5, 0.6) is 0 Å². The second kappa shape index (κ2) is 4.17. The monoisotopic (exact) mass is 202 g/mol. The summed E-state index contributed by atoms with van der Waals surface area (Å²) in [5, 5.41) is 13.7. The molecule has 0 saturated carbocycles. The number of nitrogens with one attached hydrogen (secondary N) is 1. The third kappa shape index (κ3) is 2.18. The van der Waals surface area contributed by atoms with E-state index in [4.69, 9.17) is 0 Å². The summed E-state index contributed by atoms with van der Waals surface area (Å²) >= 11 is 2.04. The third-order valence-electron chi connectivity index (χ3n) is 2.89. The third-order valence-corrected chi connectivity index (χ3v) is 4.03. The van der Waals surface area contributed by atoms with E-state index >= 15 is 0 Å². The molecule has 2 fully saturated rings. The molecule has 2 rings (SSSR count). The number of thioether (sulfide) groups is 1. The maximum absolute atomic E-state index is 9.72. The van der Waals surface area contributed by atoms with Gasteiger partial charge >= 0.3 is 0 Å². The zero-order valence-corrected chi connectivity index (χ0v) is 8.89. The van der Waals surface area contributed by atoms with E-state index in [0.717, 1.165) is 31.4 Å². The highest BCUT2D eigenvalue weighted by atomic mass is 32.2. The molecule has 0 spiro atoms. The van der Waals surface area contributed by atoms with Gasteiger partial charge in [0.15, 0.2) is 0 Å². The van der Waals surface area contributed by atoms with Crippen LogP contribution in [0, 0.1) is 0 Å². The zero-order valence-electron chi connectivity index (χ0n) is 8.07. The standard InChI is InChI=1S/C9H18N2OS/c1-7-6-11(2-3-13-7)8-4-10-5-9(8)12/h7-10,12H,2-6H2,1H3. The van der Waals surface area contributed by atoms with Gasteiger partial charge in [-0.3, -0.25) is 4.90 Å². The lowest BCUT2D eigenvalue weighted by Crippen LogP contribution is -2.49. The molecule has 0 aliphatic carbocycles. The first-order valence-electron chi connectivity index (χ1n) is 5.02. The smallest absolute Gasteiger partial charge is 0.0831 e. The Morgan fingerprint density at radius 2 is 2.31 bits per heavy atom. The minimum Gasteiger partial charge on any atom is -0.390 e. The van der Waals surface area contributed by atoms with Crippen LogP contribution >= 0.6 is 11.8 Å². The molecule has 13 heavy (non-hydrogen) atoms. The molecule has 2 aliphatic rings. The number of aliphatic hydroxyl groups is 1. The van der Waals surface area contributed by atoms with E-state index in [2.05, 4.69) is 17.1 Å². The predicted molar refractivity (Wildman–Crippen MR) is 56.2 cm³/mol. The van der Waals surface area contributed by atoms with Crippen LogP contribution in [0.4, 0.5) is 0 Å². The molecular formula is C9H18N2OS. The molecule has 2 N–H and O–H groups in total. The summed E-state index contributed by atoms with van der Waals surface area (Å²) in [6, 6.07) is 0.364. The highest BCUT2D eigenvalue weighted by Gasteiger charge is 2.32. The maximum atomic E-state index is 9.72. The fourth-order valence-electron chi connectivity index (χ4n) is 2.17. The fraction of sp³-hybridized carbons (Fsp3) is 1.00. The molecule has 0 aromatic heterocycles. The van der Waals surface area contributed by atoms with E-state index in [1.165, 1.54) is 5.75 Å². The summed E-state index contributed by atoms with van der Waals surface area (Å²) < 4.78 is 0. The van der Waals surface area contributed by atoms with Gasteiger partial charge in [0.2, 0.25) is 0 Å². The van der Waals surface area contributed by atoms with Crippen LogP contribution in [0.2, 0.25) is 0 Å². The first kappa shape index (κ1) is 9.77. The maximum Gasteiger partial charge on any atom is 0.0831 e. The van der Waals surface area contributed by atoms with Crippen molar-refractivity contribution in [2.24, 2.45) is 0 Å². The minimum atomic E-state index is -0.157. The summed E-state index contributed by atoms with van der Waals surface area (Å²) in [4.78, 5) is 2.44. The van der Waals surface area contributed by atoms with E-state index < -0.39 is 0 Å². The lowest BCUT2D eigenvalue weighted by Gasteiger charge is -2.36. The van der Waals surface area contributed by atoms with E-state index in [1.54, 1.807) is 0 Å². The molecule has 0 aromatic carbocycles. The lowest BCUT2D eigenvalue weighted by molar-refractivity contribution is 0.0860. The SMILES string of the molecule is CC1CN(C2CNCC2O)CCS1. The molecule has 3 nitrogen and oxygen atoms in total. The van der Waals surface area contributed by atoms with Crippen molar-refractivity contribution in [3.8, 4) is 0 Å². The van der Waals surface area contributed by atoms with E-state index in [1.807, 2.05) is 11.8 Å². The Balaban J connectivity index is 1.91. The largest absolute Gasteiger partial charge is 0.390 e. The first-order valence-corrected chi connectivity index (χ1v) is 6.06. The predicted octanol–water partition coefficient (Wildman–Crippen LogP) is -0.244. The van der Waals surface area contributed by atoms with Gasteiger partial charge in [0.1, 0.15) is 0 Å². The van der Waals surface area contributed by atoms with Crippen LogP contribution < -0.4 is 5.32 Å². The van der Waals surface area contributed by atoms with Crippen molar-refractivity contribution in [2.45, 2.75) is 24.3 Å². The molecule has 76 valence electrons. The van der Waals surface area contributed by atoms with Crippen molar-refractivity contribution in [3.63, 3.8) is 0 Å². The quantitative estimate of drug-likeness (QED) is 0.615. The van der Waals surface area contributed by atoms with Gasteiger partial charge in [0, 0.05) is 43.2 Å². The van der Waals surface area contributed by atoms with Gasteiger partial charge in [0.05, 0.1) is 6.10 Å². The van der Waals surface area contributed by atoms with Crippen molar-refractivity contribution in [1.82, 2.24) is 10.2 Å². The molecule has 0 aromatic rings. The van der Waals surface area contributed by atoms with Gasteiger partial charge in [0.25, 0.3) is 0 Å². The molecule has 3 atom stereocenters. The average Bonchev–Trinajstić information content (AvgIpc) is 2.51. The number of β-amino-alcohol motifs (C(OH)–C–C–N with tert-alkyl or cyclic N) is 1. The van der Waals surface area contributed by atoms with Gasteiger partial charge in [-0.2, -0.15) is 11.8 Å². The topological polar surface area (TPSA) is 35.5 Å². The van der Waals surface area contributed by atoms with Gasteiger partial charge < -0.3 is 10.4 Å². The number of aliphatic hydroxyl groups excluding tert-OH is 1. The van der Waals surface area contributed by atoms with E-state index in [0.29, 0.717) is 6.04 Å². The number of rotatable bonds is 1. The van der Waals surface area contributed by atoms with Crippen LogP contribution in [-0.2, 0) is 0 Å². The highest BCUT2D eigenvalue weighted by molar-refractivity contribution is 7.99. The Kier molecular flexibility index (Phi) is 3.14. The highest BCUT2D eigenvalue weighted by Crippen LogP contribution is 2.21. The molecule has 4 heteroatoms. The van der Waals surface area contributed by atoms with Gasteiger partial charge in [-0.05, 0) is 0 Å². The molecule has 2 saturated heterocycles. The molecule has 2 heterocycles. The summed E-state index contributed by atoms with van der Waals surface area (Å²) in [6.07, 6.45) is -0.157. The summed E-state index contributed by atoms with van der Waals surface area (Å²) in [6.45, 7) is 6.26. The van der Waals surface area contributed by atoms with Crippen LogP contribution in [0.3, 0.4) is 0 Å². The Morgan fingerprint density at radius 3 is 2.92 bits per heavy atom. The molecule has 0 amide bonds. The normalized spacial score (nSPS) is 42.5. The van der Waals surface area contributed by atoms with Crippen molar-refractivity contribution >= 4 is 11.8 Å². The summed E-state index contributed by atoms with van der Waals surface area (Å²) in [5.41, 5.74) is 0. The van der Waals surface area contributed by atoms with Gasteiger partial charge in [-0.1, -0.05) is 6.92 Å². The Morgan fingerprint density at radius 1 is 1.46 bits per heavy atom. The molecule has 0 radical (unpaired) electrons. The average molecular weight is 202 g/mol. The van der Waals surface area contributed by atoms with Crippen molar-refractivity contribution in [2.75, 3.05) is 31.9 Å². The molecular weight excluding hydrogens is 184 g/mol. The zero-order chi connectivity index (χ0) is 9.26.